The van der Waals surface area contributed by atoms with Gasteiger partial charge in [-0.1, -0.05) is 42.1 Å². The van der Waals surface area contributed by atoms with Gasteiger partial charge in [0.25, 0.3) is 0 Å². The highest BCUT2D eigenvalue weighted by Gasteiger charge is 2.15. The van der Waals surface area contributed by atoms with Crippen LogP contribution < -0.4 is 5.32 Å². The van der Waals surface area contributed by atoms with E-state index in [1.54, 1.807) is 18.2 Å². The lowest BCUT2D eigenvalue weighted by atomic mass is 10.2. The van der Waals surface area contributed by atoms with Gasteiger partial charge in [0.2, 0.25) is 5.91 Å². The van der Waals surface area contributed by atoms with E-state index in [-0.39, 0.29) is 16.9 Å². The number of phenols is 1. The van der Waals surface area contributed by atoms with Crippen molar-refractivity contribution >= 4 is 34.3 Å². The fourth-order valence-electron chi connectivity index (χ4n) is 2.18. The number of pyridine rings is 1. The van der Waals surface area contributed by atoms with Crippen molar-refractivity contribution in [3.05, 3.63) is 60.7 Å². The fourth-order valence-corrected chi connectivity index (χ4v) is 3.00. The molecule has 3 aromatic rings. The van der Waals surface area contributed by atoms with E-state index in [1.165, 1.54) is 17.8 Å². The van der Waals surface area contributed by atoms with Crippen molar-refractivity contribution < 1.29 is 9.90 Å². The average molecular weight is 324 g/mol. The molecular formula is C18H16N2O2S. The van der Waals surface area contributed by atoms with Crippen LogP contribution in [0.25, 0.3) is 10.9 Å². The summed E-state index contributed by atoms with van der Waals surface area (Å²) < 4.78 is 0. The van der Waals surface area contributed by atoms with Gasteiger partial charge >= 0.3 is 0 Å². The van der Waals surface area contributed by atoms with E-state index in [0.717, 1.165) is 15.9 Å². The SMILES string of the molecule is C[C@@H](Sc1ccc2ccccc2n1)C(=O)Nc1cccc(O)c1. The van der Waals surface area contributed by atoms with E-state index in [9.17, 15) is 9.90 Å². The quantitative estimate of drug-likeness (QED) is 0.711. The molecule has 0 aliphatic heterocycles. The number of amides is 1. The molecule has 1 aromatic heterocycles. The fraction of sp³-hybridized carbons (Fsp3) is 0.111. The summed E-state index contributed by atoms with van der Waals surface area (Å²) in [5.74, 6) is -0.00476. The molecule has 116 valence electrons. The molecule has 5 heteroatoms. The predicted octanol–water partition coefficient (Wildman–Crippen LogP) is 4.06. The summed E-state index contributed by atoms with van der Waals surface area (Å²) in [4.78, 5) is 16.8. The Labute approximate surface area is 138 Å². The monoisotopic (exact) mass is 324 g/mol. The van der Waals surface area contributed by atoms with Crippen molar-refractivity contribution in [1.29, 1.82) is 0 Å². The van der Waals surface area contributed by atoms with Crippen molar-refractivity contribution in [1.82, 2.24) is 4.98 Å². The number of carbonyl (C=O) groups excluding carboxylic acids is 1. The maximum Gasteiger partial charge on any atom is 0.237 e. The van der Waals surface area contributed by atoms with Crippen LogP contribution in [0.5, 0.6) is 5.75 Å². The van der Waals surface area contributed by atoms with Crippen molar-refractivity contribution in [2.45, 2.75) is 17.2 Å². The first kappa shape index (κ1) is 15.4. The molecule has 0 aliphatic rings. The Kier molecular flexibility index (Phi) is 4.48. The first-order chi connectivity index (χ1) is 11.1. The highest BCUT2D eigenvalue weighted by Crippen LogP contribution is 2.25. The third-order valence-corrected chi connectivity index (χ3v) is 4.39. The third kappa shape index (κ3) is 3.81. The number of rotatable bonds is 4. The summed E-state index contributed by atoms with van der Waals surface area (Å²) >= 11 is 1.40. The number of carbonyl (C=O) groups is 1. The molecule has 2 N–H and O–H groups in total. The summed E-state index contributed by atoms with van der Waals surface area (Å²) in [5, 5.41) is 13.8. The number of aromatic nitrogens is 1. The van der Waals surface area contributed by atoms with Gasteiger partial charge < -0.3 is 10.4 Å². The summed E-state index contributed by atoms with van der Waals surface area (Å²) in [6.45, 7) is 1.83. The molecule has 0 fully saturated rings. The van der Waals surface area contributed by atoms with Crippen LogP contribution in [0.1, 0.15) is 6.92 Å². The second-order valence-electron chi connectivity index (χ2n) is 5.14. The lowest BCUT2D eigenvalue weighted by Gasteiger charge is -2.12. The number of nitrogens with zero attached hydrogens (tertiary/aromatic N) is 1. The third-order valence-electron chi connectivity index (χ3n) is 3.35. The molecule has 0 saturated heterocycles. The Hall–Kier alpha value is -2.53. The number of fused-ring (bicyclic) bond motifs is 1. The Balaban J connectivity index is 1.69. The van der Waals surface area contributed by atoms with Gasteiger partial charge in [0.05, 0.1) is 15.8 Å². The lowest BCUT2D eigenvalue weighted by molar-refractivity contribution is -0.115. The molecule has 1 heterocycles. The number of para-hydroxylation sites is 1. The van der Waals surface area contributed by atoms with Crippen LogP contribution in [0, 0.1) is 0 Å². The zero-order chi connectivity index (χ0) is 16.2. The number of phenolic OH excluding ortho intramolecular Hbond substituents is 1. The van der Waals surface area contributed by atoms with Crippen LogP contribution >= 0.6 is 11.8 Å². The number of hydrogen-bond donors (Lipinski definition) is 2. The zero-order valence-electron chi connectivity index (χ0n) is 12.6. The molecule has 0 unspecified atom stereocenters. The summed E-state index contributed by atoms with van der Waals surface area (Å²) in [6, 6.07) is 18.3. The zero-order valence-corrected chi connectivity index (χ0v) is 13.4. The van der Waals surface area contributed by atoms with Crippen LogP contribution in [0.3, 0.4) is 0 Å². The lowest BCUT2D eigenvalue weighted by Crippen LogP contribution is -2.22. The molecule has 23 heavy (non-hydrogen) atoms. The van der Waals surface area contributed by atoms with Crippen molar-refractivity contribution in [3.8, 4) is 5.75 Å². The van der Waals surface area contributed by atoms with Gasteiger partial charge in [-0.25, -0.2) is 4.98 Å². The van der Waals surface area contributed by atoms with Gasteiger partial charge in [-0.3, -0.25) is 4.79 Å². The Morgan fingerprint density at radius 2 is 1.96 bits per heavy atom. The summed E-state index contributed by atoms with van der Waals surface area (Å²) in [5.41, 5.74) is 1.49. The van der Waals surface area contributed by atoms with Gasteiger partial charge in [0.15, 0.2) is 0 Å². The molecule has 2 aromatic carbocycles. The van der Waals surface area contributed by atoms with Gasteiger partial charge in [-0.2, -0.15) is 0 Å². The van der Waals surface area contributed by atoms with Crippen LogP contribution in [0.15, 0.2) is 65.7 Å². The molecule has 0 radical (unpaired) electrons. The summed E-state index contributed by atoms with van der Waals surface area (Å²) in [6.07, 6.45) is 0. The maximum absolute atomic E-state index is 12.3. The van der Waals surface area contributed by atoms with Crippen LogP contribution in [0.2, 0.25) is 0 Å². The minimum absolute atomic E-state index is 0.124. The van der Waals surface area contributed by atoms with Gasteiger partial charge in [-0.15, -0.1) is 0 Å². The smallest absolute Gasteiger partial charge is 0.237 e. The van der Waals surface area contributed by atoms with E-state index in [4.69, 9.17) is 0 Å². The topological polar surface area (TPSA) is 62.2 Å². The second-order valence-corrected chi connectivity index (χ2v) is 6.50. The number of nitrogens with one attached hydrogen (secondary N) is 1. The van der Waals surface area contributed by atoms with Gasteiger partial charge in [0.1, 0.15) is 5.75 Å². The molecule has 0 spiro atoms. The van der Waals surface area contributed by atoms with Crippen molar-refractivity contribution in [3.63, 3.8) is 0 Å². The Morgan fingerprint density at radius 1 is 1.13 bits per heavy atom. The first-order valence-electron chi connectivity index (χ1n) is 7.24. The number of anilines is 1. The molecule has 0 bridgehead atoms. The summed E-state index contributed by atoms with van der Waals surface area (Å²) in [7, 11) is 0. The largest absolute Gasteiger partial charge is 0.508 e. The normalized spacial score (nSPS) is 12.0. The van der Waals surface area contributed by atoms with E-state index >= 15 is 0 Å². The van der Waals surface area contributed by atoms with Gasteiger partial charge in [-0.05, 0) is 31.2 Å². The van der Waals surface area contributed by atoms with E-state index < -0.39 is 0 Å². The van der Waals surface area contributed by atoms with Crippen molar-refractivity contribution in [2.75, 3.05) is 5.32 Å². The molecule has 4 nitrogen and oxygen atoms in total. The number of benzene rings is 2. The standard InChI is InChI=1S/C18H16N2O2S/c1-12(18(22)19-14-6-4-7-15(21)11-14)23-17-10-9-13-5-2-3-8-16(13)20-17/h2-12,21H,1H3,(H,19,22)/t12-/m1/s1. The second kappa shape index (κ2) is 6.71. The van der Waals surface area contributed by atoms with E-state index in [0.29, 0.717) is 5.69 Å². The first-order valence-corrected chi connectivity index (χ1v) is 8.12. The maximum atomic E-state index is 12.3. The highest BCUT2D eigenvalue weighted by atomic mass is 32.2. The number of hydrogen-bond acceptors (Lipinski definition) is 4. The minimum Gasteiger partial charge on any atom is -0.508 e. The van der Waals surface area contributed by atoms with Crippen LogP contribution in [0.4, 0.5) is 5.69 Å². The molecule has 0 aliphatic carbocycles. The molecule has 0 saturated carbocycles. The Bertz CT molecular complexity index is 851. The molecule has 3 rings (SSSR count). The average Bonchev–Trinajstić information content (AvgIpc) is 2.54. The van der Waals surface area contributed by atoms with Crippen molar-refractivity contribution in [2.24, 2.45) is 0 Å². The van der Waals surface area contributed by atoms with E-state index in [1.807, 2.05) is 43.3 Å². The molecule has 1 amide bonds. The van der Waals surface area contributed by atoms with Crippen LogP contribution in [-0.4, -0.2) is 21.2 Å². The van der Waals surface area contributed by atoms with E-state index in [2.05, 4.69) is 10.3 Å². The molecule has 1 atom stereocenters. The number of aromatic hydroxyl groups is 1. The Morgan fingerprint density at radius 3 is 2.78 bits per heavy atom. The highest BCUT2D eigenvalue weighted by molar-refractivity contribution is 8.00. The predicted molar refractivity (Wildman–Crippen MR) is 93.8 cm³/mol. The number of thioether (sulfide) groups is 1. The van der Waals surface area contributed by atoms with Crippen LogP contribution in [-0.2, 0) is 4.79 Å². The molecular weight excluding hydrogens is 308 g/mol. The minimum atomic E-state index is -0.300. The van der Waals surface area contributed by atoms with Gasteiger partial charge in [0, 0.05) is 17.1 Å².